The third-order valence-electron chi connectivity index (χ3n) is 2.86. The van der Waals surface area contributed by atoms with E-state index in [2.05, 4.69) is 26.5 Å². The fourth-order valence-corrected chi connectivity index (χ4v) is 1.60. The molecule has 0 bridgehead atoms. The van der Waals surface area contributed by atoms with Gasteiger partial charge in [0.1, 0.15) is 12.4 Å². The third-order valence-corrected chi connectivity index (χ3v) is 2.86. The Kier molecular flexibility index (Phi) is 10.8. The fourth-order valence-electron chi connectivity index (χ4n) is 1.60. The van der Waals surface area contributed by atoms with Gasteiger partial charge in [-0.1, -0.05) is 20.3 Å². The zero-order valence-electron chi connectivity index (χ0n) is 14.5. The van der Waals surface area contributed by atoms with E-state index in [0.29, 0.717) is 19.0 Å². The van der Waals surface area contributed by atoms with E-state index in [0.717, 1.165) is 19.3 Å². The second-order valence-corrected chi connectivity index (χ2v) is 4.96. The van der Waals surface area contributed by atoms with Crippen molar-refractivity contribution < 1.29 is 38.6 Å². The van der Waals surface area contributed by atoms with Gasteiger partial charge in [-0.25, -0.2) is 14.5 Å². The lowest BCUT2D eigenvalue weighted by molar-refractivity contribution is -0.452. The molecule has 0 saturated heterocycles. The van der Waals surface area contributed by atoms with Crippen LogP contribution in [0.25, 0.3) is 0 Å². The van der Waals surface area contributed by atoms with E-state index in [4.69, 9.17) is 9.47 Å². The Balaban J connectivity index is 2.19. The maximum atomic E-state index is 11.7. The molecule has 0 aliphatic heterocycles. The van der Waals surface area contributed by atoms with Crippen LogP contribution in [0.1, 0.15) is 43.5 Å². The lowest BCUT2D eigenvalue weighted by Gasteiger charge is -2.06. The van der Waals surface area contributed by atoms with Crippen LogP contribution in [0.2, 0.25) is 0 Å². The standard InChI is InChI=1S/C17H24O8/c1-3-5-11-21-15-8-6-14(7-9-15)16(18)23-25-24-17(19)22-13-12-20-10-4-2/h6-9H,3-5,10-13H2,1-2H3. The van der Waals surface area contributed by atoms with Crippen LogP contribution in [-0.4, -0.2) is 38.6 Å². The van der Waals surface area contributed by atoms with Crippen molar-refractivity contribution in [1.29, 1.82) is 0 Å². The molecule has 1 rings (SSSR count). The zero-order valence-corrected chi connectivity index (χ0v) is 14.5. The number of carbonyl (C=O) groups excluding carboxylic acids is 2. The Hall–Kier alpha value is -2.32. The lowest BCUT2D eigenvalue weighted by Crippen LogP contribution is -2.14. The molecule has 0 aliphatic carbocycles. The lowest BCUT2D eigenvalue weighted by atomic mass is 10.2. The molecule has 0 amide bonds. The van der Waals surface area contributed by atoms with Crippen LogP contribution in [0.4, 0.5) is 4.79 Å². The molecule has 1 aromatic carbocycles. The summed E-state index contributed by atoms with van der Waals surface area (Å²) in [7, 11) is 0. The predicted octanol–water partition coefficient (Wildman–Crippen LogP) is 3.45. The highest BCUT2D eigenvalue weighted by atomic mass is 17.5. The van der Waals surface area contributed by atoms with Crippen molar-refractivity contribution in [3.8, 4) is 5.75 Å². The SMILES string of the molecule is CCCCOc1ccc(C(=O)OOOC(=O)OCCOCCC)cc1. The summed E-state index contributed by atoms with van der Waals surface area (Å²) in [5.74, 6) is -0.171. The Labute approximate surface area is 146 Å². The highest BCUT2D eigenvalue weighted by Gasteiger charge is 2.12. The molecule has 8 heteroatoms. The van der Waals surface area contributed by atoms with Gasteiger partial charge in [-0.15, -0.1) is 0 Å². The van der Waals surface area contributed by atoms with Crippen LogP contribution in [0.3, 0.4) is 0 Å². The van der Waals surface area contributed by atoms with E-state index in [9.17, 15) is 9.59 Å². The molecule has 0 N–H and O–H groups in total. The van der Waals surface area contributed by atoms with Gasteiger partial charge in [0.05, 0.1) is 23.8 Å². The number of benzene rings is 1. The molecule has 0 spiro atoms. The van der Waals surface area contributed by atoms with E-state index in [1.807, 2.05) is 6.92 Å². The highest BCUT2D eigenvalue weighted by molar-refractivity contribution is 5.89. The van der Waals surface area contributed by atoms with Gasteiger partial charge in [-0.3, -0.25) is 4.89 Å². The molecule has 0 fully saturated rings. The summed E-state index contributed by atoms with van der Waals surface area (Å²) in [4.78, 5) is 31.3. The highest BCUT2D eigenvalue weighted by Crippen LogP contribution is 2.13. The minimum Gasteiger partial charge on any atom is -0.494 e. The second kappa shape index (κ2) is 13.0. The van der Waals surface area contributed by atoms with Crippen molar-refractivity contribution in [2.24, 2.45) is 0 Å². The van der Waals surface area contributed by atoms with Gasteiger partial charge >= 0.3 is 12.1 Å². The molecule has 0 heterocycles. The van der Waals surface area contributed by atoms with Crippen LogP contribution in [-0.2, 0) is 24.3 Å². The van der Waals surface area contributed by atoms with Crippen molar-refractivity contribution in [3.63, 3.8) is 0 Å². The molecule has 1 aromatic rings. The van der Waals surface area contributed by atoms with Gasteiger partial charge in [0.25, 0.3) is 0 Å². The van der Waals surface area contributed by atoms with Gasteiger partial charge < -0.3 is 14.2 Å². The first-order valence-electron chi connectivity index (χ1n) is 8.20. The molecular formula is C17H24O8. The van der Waals surface area contributed by atoms with Gasteiger partial charge in [-0.05, 0) is 37.1 Å². The first-order chi connectivity index (χ1) is 12.2. The summed E-state index contributed by atoms with van der Waals surface area (Å²) in [5.41, 5.74) is 0.216. The van der Waals surface area contributed by atoms with Crippen LogP contribution >= 0.6 is 0 Å². The minimum atomic E-state index is -1.13. The van der Waals surface area contributed by atoms with E-state index >= 15 is 0 Å². The summed E-state index contributed by atoms with van der Waals surface area (Å²) >= 11 is 0. The van der Waals surface area contributed by atoms with E-state index in [-0.39, 0.29) is 18.8 Å². The number of rotatable bonds is 12. The molecule has 0 aromatic heterocycles. The minimum absolute atomic E-state index is 0.00956. The van der Waals surface area contributed by atoms with Gasteiger partial charge in [0, 0.05) is 6.61 Å². The molecule has 0 unspecified atom stereocenters. The van der Waals surface area contributed by atoms with Crippen LogP contribution in [0.5, 0.6) is 5.75 Å². The zero-order chi connectivity index (χ0) is 18.3. The normalized spacial score (nSPS) is 10.2. The Morgan fingerprint density at radius 2 is 1.64 bits per heavy atom. The first-order valence-corrected chi connectivity index (χ1v) is 8.20. The Bertz CT molecular complexity index is 500. The molecule has 0 saturated carbocycles. The summed E-state index contributed by atoms with van der Waals surface area (Å²) in [6.45, 7) is 5.48. The van der Waals surface area contributed by atoms with Gasteiger partial charge in [-0.2, -0.15) is 0 Å². The van der Waals surface area contributed by atoms with Crippen LogP contribution in [0.15, 0.2) is 24.3 Å². The average molecular weight is 356 g/mol. The molecule has 0 radical (unpaired) electrons. The number of hydrogen-bond acceptors (Lipinski definition) is 8. The van der Waals surface area contributed by atoms with Gasteiger partial charge in [0.2, 0.25) is 0 Å². The van der Waals surface area contributed by atoms with E-state index in [1.54, 1.807) is 12.1 Å². The van der Waals surface area contributed by atoms with Gasteiger partial charge in [0.15, 0.2) is 0 Å². The first kappa shape index (κ1) is 20.7. The van der Waals surface area contributed by atoms with Crippen molar-refractivity contribution in [1.82, 2.24) is 0 Å². The van der Waals surface area contributed by atoms with E-state index < -0.39 is 12.1 Å². The maximum Gasteiger partial charge on any atom is 0.543 e. The largest absolute Gasteiger partial charge is 0.543 e. The molecule has 8 nitrogen and oxygen atoms in total. The maximum absolute atomic E-state index is 11.7. The Morgan fingerprint density at radius 3 is 2.32 bits per heavy atom. The van der Waals surface area contributed by atoms with Crippen LogP contribution < -0.4 is 4.74 Å². The molecule has 0 aliphatic rings. The smallest absolute Gasteiger partial charge is 0.494 e. The van der Waals surface area contributed by atoms with E-state index in [1.165, 1.54) is 12.1 Å². The quantitative estimate of drug-likeness (QED) is 0.243. The molecule has 0 atom stereocenters. The Morgan fingerprint density at radius 1 is 0.880 bits per heavy atom. The summed E-state index contributed by atoms with van der Waals surface area (Å²) in [5, 5.41) is 4.10. The fraction of sp³-hybridized carbons (Fsp3) is 0.529. The topological polar surface area (TPSA) is 89.5 Å². The molecular weight excluding hydrogens is 332 g/mol. The van der Waals surface area contributed by atoms with Crippen molar-refractivity contribution >= 4 is 12.1 Å². The van der Waals surface area contributed by atoms with Crippen molar-refractivity contribution in [2.75, 3.05) is 26.4 Å². The number of unbranched alkanes of at least 4 members (excludes halogenated alkanes) is 1. The summed E-state index contributed by atoms with van der Waals surface area (Å²) in [6.07, 6.45) is 1.73. The summed E-state index contributed by atoms with van der Waals surface area (Å²) < 4.78 is 15.2. The van der Waals surface area contributed by atoms with Crippen molar-refractivity contribution in [2.45, 2.75) is 33.1 Å². The molecule has 25 heavy (non-hydrogen) atoms. The van der Waals surface area contributed by atoms with Crippen molar-refractivity contribution in [3.05, 3.63) is 29.8 Å². The summed E-state index contributed by atoms with van der Waals surface area (Å²) in [6, 6.07) is 6.29. The third kappa shape index (κ3) is 9.53. The van der Waals surface area contributed by atoms with Crippen LogP contribution in [0, 0.1) is 0 Å². The predicted molar refractivity (Wildman–Crippen MR) is 86.9 cm³/mol. The number of carbonyl (C=O) groups is 2. The number of hydrogen-bond donors (Lipinski definition) is 0. The monoisotopic (exact) mass is 356 g/mol. The number of ether oxygens (including phenoxy) is 3. The average Bonchev–Trinajstić information content (AvgIpc) is 2.62. The molecule has 140 valence electrons. The second-order valence-electron chi connectivity index (χ2n) is 4.96.